The van der Waals surface area contributed by atoms with Crippen LogP contribution in [0.15, 0.2) is 42.5 Å². The molecular formula is C17H12O. The molecule has 1 aliphatic rings. The fourth-order valence-corrected chi connectivity index (χ4v) is 3.12. The maximum Gasteiger partial charge on any atom is 0.127 e. The molecule has 1 heteroatoms. The Morgan fingerprint density at radius 3 is 2.50 bits per heavy atom. The Morgan fingerprint density at radius 2 is 1.72 bits per heavy atom. The summed E-state index contributed by atoms with van der Waals surface area (Å²) in [7, 11) is 0. The smallest absolute Gasteiger partial charge is 0.127 e. The fourth-order valence-electron chi connectivity index (χ4n) is 3.12. The number of carbonyl (C=O) groups is 1. The van der Waals surface area contributed by atoms with Gasteiger partial charge in [0.25, 0.3) is 0 Å². The Balaban J connectivity index is 2.29. The lowest BCUT2D eigenvalue weighted by Gasteiger charge is -2.17. The molecule has 0 fully saturated rings. The van der Waals surface area contributed by atoms with E-state index in [9.17, 15) is 4.79 Å². The summed E-state index contributed by atoms with van der Waals surface area (Å²) in [6.07, 6.45) is 3.98. The molecule has 0 amide bonds. The molecule has 18 heavy (non-hydrogen) atoms. The van der Waals surface area contributed by atoms with Gasteiger partial charge in [-0.15, -0.1) is 0 Å². The first-order valence-electron chi connectivity index (χ1n) is 6.27. The highest BCUT2D eigenvalue weighted by Gasteiger charge is 2.16. The van der Waals surface area contributed by atoms with Crippen LogP contribution in [0.3, 0.4) is 0 Å². The van der Waals surface area contributed by atoms with Gasteiger partial charge in [0.1, 0.15) is 6.29 Å². The van der Waals surface area contributed by atoms with Crippen LogP contribution in [0.4, 0.5) is 0 Å². The fraction of sp³-hybridized carbons (Fsp3) is 0.118. The van der Waals surface area contributed by atoms with E-state index in [-0.39, 0.29) is 5.92 Å². The molecule has 0 saturated heterocycles. The summed E-state index contributed by atoms with van der Waals surface area (Å²) in [4.78, 5) is 11.0. The minimum Gasteiger partial charge on any atom is -0.303 e. The van der Waals surface area contributed by atoms with Crippen molar-refractivity contribution in [3.8, 4) is 0 Å². The number of rotatable bonds is 1. The zero-order valence-corrected chi connectivity index (χ0v) is 9.89. The van der Waals surface area contributed by atoms with Crippen molar-refractivity contribution in [2.75, 3.05) is 0 Å². The first kappa shape index (κ1) is 9.84. The van der Waals surface area contributed by atoms with Crippen molar-refractivity contribution in [3.05, 3.63) is 53.2 Å². The number of benzene rings is 3. The monoisotopic (exact) mass is 232 g/mol. The van der Waals surface area contributed by atoms with Gasteiger partial charge in [-0.2, -0.15) is 0 Å². The molecule has 0 aromatic heterocycles. The van der Waals surface area contributed by atoms with Crippen molar-refractivity contribution < 1.29 is 4.79 Å². The predicted octanol–water partition coefficient (Wildman–Crippen LogP) is 2.86. The second kappa shape index (κ2) is 3.42. The molecule has 0 N–H and O–H groups in total. The first-order chi connectivity index (χ1) is 8.86. The summed E-state index contributed by atoms with van der Waals surface area (Å²) >= 11 is 0. The first-order valence-corrected chi connectivity index (χ1v) is 6.27. The number of hydrogen-bond acceptors (Lipinski definition) is 1. The van der Waals surface area contributed by atoms with Gasteiger partial charge in [0.15, 0.2) is 0 Å². The average molecular weight is 232 g/mol. The highest BCUT2D eigenvalue weighted by molar-refractivity contribution is 6.12. The van der Waals surface area contributed by atoms with Crippen molar-refractivity contribution in [3.63, 3.8) is 0 Å². The largest absolute Gasteiger partial charge is 0.303 e. The molecule has 1 atom stereocenters. The van der Waals surface area contributed by atoms with Crippen molar-refractivity contribution in [1.82, 2.24) is 0 Å². The van der Waals surface area contributed by atoms with E-state index >= 15 is 0 Å². The van der Waals surface area contributed by atoms with E-state index in [2.05, 4.69) is 48.5 Å². The van der Waals surface area contributed by atoms with Crippen LogP contribution in [0.2, 0.25) is 0 Å². The van der Waals surface area contributed by atoms with Crippen LogP contribution in [0.5, 0.6) is 0 Å². The van der Waals surface area contributed by atoms with Gasteiger partial charge in [0.05, 0.1) is 0 Å². The minimum absolute atomic E-state index is 0.0277. The zero-order chi connectivity index (χ0) is 12.1. The Hall–Kier alpha value is -2.15. The molecule has 0 spiro atoms. The van der Waals surface area contributed by atoms with Crippen LogP contribution in [0.1, 0.15) is 5.56 Å². The number of aldehydes is 1. The van der Waals surface area contributed by atoms with Crippen molar-refractivity contribution in [2.45, 2.75) is 6.42 Å². The highest BCUT2D eigenvalue weighted by atomic mass is 16.1. The Morgan fingerprint density at radius 1 is 0.944 bits per heavy atom. The van der Waals surface area contributed by atoms with Crippen molar-refractivity contribution in [1.29, 1.82) is 0 Å². The van der Waals surface area contributed by atoms with Crippen molar-refractivity contribution in [2.24, 2.45) is 5.92 Å². The predicted molar refractivity (Wildman–Crippen MR) is 74.4 cm³/mol. The topological polar surface area (TPSA) is 17.1 Å². The van der Waals surface area contributed by atoms with Gasteiger partial charge < -0.3 is 4.79 Å². The molecule has 0 saturated carbocycles. The number of hydrogen-bond donors (Lipinski definition) is 0. The van der Waals surface area contributed by atoms with E-state index in [1.807, 2.05) is 0 Å². The molecule has 86 valence electrons. The maximum absolute atomic E-state index is 11.0. The third-order valence-corrected chi connectivity index (χ3v) is 3.92. The van der Waals surface area contributed by atoms with Gasteiger partial charge in [0.2, 0.25) is 0 Å². The summed E-state index contributed by atoms with van der Waals surface area (Å²) in [5.41, 5.74) is 1.30. The normalized spacial score (nSPS) is 17.9. The van der Waals surface area contributed by atoms with Gasteiger partial charge in [-0.3, -0.25) is 0 Å². The Labute approximate surface area is 105 Å². The quantitative estimate of drug-likeness (QED) is 0.590. The number of carbonyl (C=O) groups excluding carboxylic acids is 1. The van der Waals surface area contributed by atoms with Gasteiger partial charge in [0, 0.05) is 5.92 Å². The lowest BCUT2D eigenvalue weighted by Crippen LogP contribution is -2.17. The summed E-state index contributed by atoms with van der Waals surface area (Å²) in [6.45, 7) is 0. The van der Waals surface area contributed by atoms with E-state index in [0.29, 0.717) is 0 Å². The third-order valence-electron chi connectivity index (χ3n) is 3.92. The molecule has 1 aliphatic carbocycles. The second-order valence-electron chi connectivity index (χ2n) is 5.00. The lowest BCUT2D eigenvalue weighted by atomic mass is 9.86. The van der Waals surface area contributed by atoms with Crippen LogP contribution in [0.25, 0.3) is 27.6 Å². The lowest BCUT2D eigenvalue weighted by molar-refractivity contribution is -0.109. The van der Waals surface area contributed by atoms with Gasteiger partial charge in [-0.1, -0.05) is 48.5 Å². The summed E-state index contributed by atoms with van der Waals surface area (Å²) in [6, 6.07) is 15.0. The minimum atomic E-state index is 0.0277. The van der Waals surface area contributed by atoms with E-state index in [1.165, 1.54) is 32.3 Å². The standard InChI is InChI=1S/C17H12O/c18-10-11-8-14-6-4-12-2-1-3-13-5-7-15(9-11)17(14)16(12)13/h1-8,10-11H,9H2. The molecule has 1 unspecified atom stereocenters. The highest BCUT2D eigenvalue weighted by Crippen LogP contribution is 2.30. The van der Waals surface area contributed by atoms with Crippen LogP contribution in [-0.4, -0.2) is 6.29 Å². The van der Waals surface area contributed by atoms with Gasteiger partial charge >= 0.3 is 0 Å². The van der Waals surface area contributed by atoms with E-state index in [4.69, 9.17) is 0 Å². The van der Waals surface area contributed by atoms with Crippen LogP contribution >= 0.6 is 0 Å². The molecule has 0 radical (unpaired) electrons. The SMILES string of the molecule is O=CC1C=c2ccc3cccc4ccc(c2c43)C1. The molecule has 0 heterocycles. The molecule has 3 aromatic rings. The summed E-state index contributed by atoms with van der Waals surface area (Å²) in [5, 5.41) is 6.45. The molecule has 0 bridgehead atoms. The molecule has 0 aliphatic heterocycles. The summed E-state index contributed by atoms with van der Waals surface area (Å²) in [5.74, 6) is 0.0277. The Kier molecular flexibility index (Phi) is 1.87. The average Bonchev–Trinajstić information content (AvgIpc) is 2.44. The molecule has 3 aromatic carbocycles. The third kappa shape index (κ3) is 1.19. The van der Waals surface area contributed by atoms with Crippen LogP contribution < -0.4 is 5.22 Å². The van der Waals surface area contributed by atoms with E-state index in [1.54, 1.807) is 0 Å². The van der Waals surface area contributed by atoms with Gasteiger partial charge in [-0.05, 0) is 38.7 Å². The Bertz CT molecular complexity index is 814. The second-order valence-corrected chi connectivity index (χ2v) is 5.00. The molecule has 4 rings (SSSR count). The summed E-state index contributed by atoms with van der Waals surface area (Å²) < 4.78 is 0. The van der Waals surface area contributed by atoms with Crippen molar-refractivity contribution >= 4 is 33.9 Å². The van der Waals surface area contributed by atoms with Crippen LogP contribution in [0, 0.1) is 5.92 Å². The maximum atomic E-state index is 11.0. The van der Waals surface area contributed by atoms with Crippen LogP contribution in [-0.2, 0) is 11.2 Å². The van der Waals surface area contributed by atoms with E-state index in [0.717, 1.165) is 12.7 Å². The van der Waals surface area contributed by atoms with Gasteiger partial charge in [-0.25, -0.2) is 0 Å². The molecular weight excluding hydrogens is 220 g/mol. The molecule has 1 nitrogen and oxygen atoms in total. The van der Waals surface area contributed by atoms with E-state index < -0.39 is 0 Å². The zero-order valence-electron chi connectivity index (χ0n) is 9.89.